The first-order chi connectivity index (χ1) is 11.9. The molecule has 2 radical (unpaired) electrons. The summed E-state index contributed by atoms with van der Waals surface area (Å²) in [7, 11) is 0. The third-order valence-corrected chi connectivity index (χ3v) is 4.33. The summed E-state index contributed by atoms with van der Waals surface area (Å²) in [6, 6.07) is 8.90. The summed E-state index contributed by atoms with van der Waals surface area (Å²) in [5.74, 6) is 0. The Hall–Kier alpha value is -1.22. The topological polar surface area (TPSA) is 6.48 Å². The molecule has 1 aliphatic heterocycles. The summed E-state index contributed by atoms with van der Waals surface area (Å²) < 4.78 is 0. The van der Waals surface area contributed by atoms with E-state index >= 15 is 0 Å². The van der Waals surface area contributed by atoms with E-state index in [1.54, 1.807) is 0 Å². The monoisotopic (exact) mass is 446 g/mol. The number of hydrogen-bond donors (Lipinski definition) is 0. The van der Waals surface area contributed by atoms with Crippen LogP contribution in [0.5, 0.6) is 0 Å². The van der Waals surface area contributed by atoms with E-state index in [-0.39, 0.29) is 0 Å². The third kappa shape index (κ3) is 4.31. The van der Waals surface area contributed by atoms with Gasteiger partial charge in [-0.2, -0.15) is 0 Å². The van der Waals surface area contributed by atoms with Crippen LogP contribution >= 0.6 is 14.1 Å². The second kappa shape index (κ2) is 8.44. The second-order valence-electron chi connectivity index (χ2n) is 6.63. The fraction of sp³-hybridized carbons (Fsp3) is 0.286. The van der Waals surface area contributed by atoms with Crippen molar-refractivity contribution < 1.29 is 14.2 Å². The van der Waals surface area contributed by atoms with Gasteiger partial charge < -0.3 is 9.80 Å². The van der Waals surface area contributed by atoms with Crippen LogP contribution in [0.15, 0.2) is 36.7 Å². The Morgan fingerprint density at radius 3 is 1.20 bits per heavy atom. The van der Waals surface area contributed by atoms with Crippen LogP contribution in [0.2, 0.25) is 0 Å². The van der Waals surface area contributed by atoms with E-state index in [1.165, 1.54) is 44.8 Å². The van der Waals surface area contributed by atoms with Crippen LogP contribution in [0.1, 0.15) is 33.4 Å². The van der Waals surface area contributed by atoms with E-state index in [9.17, 15) is 0 Å². The van der Waals surface area contributed by atoms with E-state index < -0.39 is 0 Å². The molecule has 0 saturated heterocycles. The van der Waals surface area contributed by atoms with Gasteiger partial charge in [0.2, 0.25) is 6.67 Å². The Labute approximate surface area is 167 Å². The van der Waals surface area contributed by atoms with Crippen molar-refractivity contribution >= 4 is 25.5 Å². The molecule has 0 aromatic heterocycles. The Kier molecular flexibility index (Phi) is 6.78. The van der Waals surface area contributed by atoms with Crippen LogP contribution in [-0.4, -0.2) is 0 Å². The molecule has 0 saturated carbocycles. The average molecular weight is 448 g/mol. The van der Waals surface area contributed by atoms with Gasteiger partial charge in [0.25, 0.3) is 0 Å². The standard InChI is InChI=1S/C21H24N2.BrH.Cu/c1-14-9-16(3)20(17(4)10-14)22-7-8-23(13-22)21-18(5)11-15(2)12-19(21)6;;/h7-12H,1-6H3;1H;/q;;+1/p-1. The van der Waals surface area contributed by atoms with Crippen molar-refractivity contribution in [1.29, 1.82) is 0 Å². The average Bonchev–Trinajstić information content (AvgIpc) is 2.96. The maximum atomic E-state index is 4.00. The molecule has 136 valence electrons. The molecule has 1 heterocycles. The van der Waals surface area contributed by atoms with E-state index in [0.29, 0.717) is 0 Å². The molecule has 0 atom stereocenters. The van der Waals surface area contributed by atoms with Gasteiger partial charge in [0.15, 0.2) is 0 Å². The van der Waals surface area contributed by atoms with Crippen molar-refractivity contribution in [2.75, 3.05) is 9.80 Å². The van der Waals surface area contributed by atoms with Gasteiger partial charge in [0.1, 0.15) is 0 Å². The van der Waals surface area contributed by atoms with Gasteiger partial charge in [0.05, 0.1) is 0 Å². The molecule has 25 heavy (non-hydrogen) atoms. The van der Waals surface area contributed by atoms with E-state index in [0.717, 1.165) is 0 Å². The summed E-state index contributed by atoms with van der Waals surface area (Å²) >= 11 is 6.50. The molecule has 0 fully saturated rings. The summed E-state index contributed by atoms with van der Waals surface area (Å²) in [6.45, 7) is 16.4. The summed E-state index contributed by atoms with van der Waals surface area (Å²) in [4.78, 5) is 4.20. The molecule has 0 amide bonds. The van der Waals surface area contributed by atoms with Gasteiger partial charge in [0, 0.05) is 23.8 Å². The number of aryl methyl sites for hydroxylation is 6. The van der Waals surface area contributed by atoms with E-state index in [1.807, 2.05) is 0 Å². The van der Waals surface area contributed by atoms with Crippen LogP contribution in [-0.2, 0) is 14.2 Å². The number of benzene rings is 2. The molecule has 0 aliphatic carbocycles. The van der Waals surface area contributed by atoms with Crippen LogP contribution in [0, 0.1) is 48.2 Å². The van der Waals surface area contributed by atoms with Crippen molar-refractivity contribution in [2.45, 2.75) is 41.5 Å². The van der Waals surface area contributed by atoms with Crippen molar-refractivity contribution in [3.63, 3.8) is 0 Å². The van der Waals surface area contributed by atoms with Gasteiger partial charge in [-0.3, -0.25) is 0 Å². The minimum absolute atomic E-state index is 1.22. The van der Waals surface area contributed by atoms with Crippen LogP contribution in [0.3, 0.4) is 0 Å². The van der Waals surface area contributed by atoms with E-state index in [2.05, 4.69) is 123 Å². The Bertz CT molecular complexity index is 687. The molecule has 2 aromatic carbocycles. The van der Waals surface area contributed by atoms with Gasteiger partial charge in [-0.05, 0) is 63.8 Å². The third-order valence-electron chi connectivity index (χ3n) is 4.33. The molecule has 1 aliphatic rings. The fourth-order valence-electron chi connectivity index (χ4n) is 3.67. The zero-order valence-corrected chi connectivity index (χ0v) is 18.1. The van der Waals surface area contributed by atoms with Crippen molar-refractivity contribution in [2.24, 2.45) is 0 Å². The van der Waals surface area contributed by atoms with Crippen LogP contribution < -0.4 is 9.80 Å². The number of anilines is 2. The first-order valence-corrected chi connectivity index (χ1v) is 10.5. The fourth-order valence-corrected chi connectivity index (χ4v) is 3.67. The molecule has 2 aromatic rings. The molecule has 3 rings (SSSR count). The van der Waals surface area contributed by atoms with Crippen molar-refractivity contribution in [3.8, 4) is 0 Å². The van der Waals surface area contributed by atoms with Gasteiger partial charge in [-0.1, -0.05) is 35.4 Å². The SMILES string of the molecule is Cc1cc(C)c(N2[C]N(c3c(C)cc(C)cc3C)C=C2)c(C)c1.[Cu][Br]. The van der Waals surface area contributed by atoms with Gasteiger partial charge in [-0.25, -0.2) is 0 Å². The number of halogens is 1. The molecule has 0 bridgehead atoms. The summed E-state index contributed by atoms with van der Waals surface area (Å²) in [5.41, 5.74) is 10.1. The quantitative estimate of drug-likeness (QED) is 0.508. The Morgan fingerprint density at radius 1 is 0.640 bits per heavy atom. The Morgan fingerprint density at radius 2 is 0.920 bits per heavy atom. The Balaban J connectivity index is 0.00000109. The number of hydrogen-bond acceptors (Lipinski definition) is 2. The van der Waals surface area contributed by atoms with Crippen LogP contribution in [0.4, 0.5) is 11.4 Å². The number of rotatable bonds is 2. The molecule has 4 heteroatoms. The molecular weight excluding hydrogens is 424 g/mol. The molecular formula is C21H24BrCuN2. The predicted molar refractivity (Wildman–Crippen MR) is 108 cm³/mol. The minimum atomic E-state index is 1.22. The van der Waals surface area contributed by atoms with Crippen molar-refractivity contribution in [3.05, 3.63) is 76.7 Å². The van der Waals surface area contributed by atoms with Gasteiger partial charge >= 0.3 is 28.3 Å². The molecule has 0 N–H and O–H groups in total. The first kappa shape index (κ1) is 20.1. The van der Waals surface area contributed by atoms with E-state index in [4.69, 9.17) is 0 Å². The maximum absolute atomic E-state index is 4.00. The first-order valence-electron chi connectivity index (χ1n) is 8.17. The number of nitrogens with zero attached hydrogens (tertiary/aromatic N) is 2. The zero-order valence-electron chi connectivity index (χ0n) is 15.5. The van der Waals surface area contributed by atoms with Gasteiger partial charge in [-0.15, -0.1) is 0 Å². The second-order valence-corrected chi connectivity index (χ2v) is 6.63. The molecule has 0 unspecified atom stereocenters. The predicted octanol–water partition coefficient (Wildman–Crippen LogP) is 6.17. The summed E-state index contributed by atoms with van der Waals surface area (Å²) in [6.07, 6.45) is 4.17. The van der Waals surface area contributed by atoms with Crippen LogP contribution in [0.25, 0.3) is 0 Å². The van der Waals surface area contributed by atoms with Crippen molar-refractivity contribution in [1.82, 2.24) is 0 Å². The summed E-state index contributed by atoms with van der Waals surface area (Å²) in [5, 5.41) is 0. The zero-order chi connectivity index (χ0) is 18.7. The normalized spacial score (nSPS) is 13.2. The molecule has 2 nitrogen and oxygen atoms in total. The molecule has 0 spiro atoms.